The number of urea groups is 1. The van der Waals surface area contributed by atoms with Gasteiger partial charge in [-0.3, -0.25) is 28.7 Å². The molecule has 5 heterocycles. The van der Waals surface area contributed by atoms with E-state index in [0.717, 1.165) is 42.4 Å². The molecule has 10 nitrogen and oxygen atoms in total. The number of nitrogens with zero attached hydrogens (tertiary/aromatic N) is 4. The number of thiazole rings is 1. The van der Waals surface area contributed by atoms with E-state index in [1.807, 2.05) is 0 Å². The Balaban J connectivity index is 1.58. The maximum Gasteiger partial charge on any atom is 0.328 e. The zero-order chi connectivity index (χ0) is 23.3. The Hall–Kier alpha value is -2.99. The van der Waals surface area contributed by atoms with Gasteiger partial charge in [-0.05, 0) is 30.9 Å². The molecule has 0 spiro atoms. The number of hydrogen-bond donors (Lipinski definition) is 1. The predicted molar refractivity (Wildman–Crippen MR) is 120 cm³/mol. The Morgan fingerprint density at radius 2 is 1.88 bits per heavy atom. The van der Waals surface area contributed by atoms with Crippen molar-refractivity contribution in [2.45, 2.75) is 42.0 Å². The first kappa shape index (κ1) is 21.8. The van der Waals surface area contributed by atoms with Crippen LogP contribution in [0.4, 0.5) is 4.79 Å². The summed E-state index contributed by atoms with van der Waals surface area (Å²) in [4.78, 5) is 70.5. The van der Waals surface area contributed by atoms with Gasteiger partial charge in [0, 0.05) is 36.3 Å². The van der Waals surface area contributed by atoms with E-state index in [-0.39, 0.29) is 17.3 Å². The molecule has 2 N–H and O–H groups in total. The van der Waals surface area contributed by atoms with Gasteiger partial charge in [0.2, 0.25) is 11.8 Å². The van der Waals surface area contributed by atoms with Crippen LogP contribution in [0.25, 0.3) is 0 Å². The molecule has 0 saturated carbocycles. The largest absolute Gasteiger partial charge is 0.351 e. The molecule has 2 aromatic heterocycles. The lowest BCUT2D eigenvalue weighted by Gasteiger charge is -2.31. The second-order valence-corrected chi connectivity index (χ2v) is 10.4. The van der Waals surface area contributed by atoms with Gasteiger partial charge in [0.25, 0.3) is 5.91 Å². The van der Waals surface area contributed by atoms with Crippen molar-refractivity contribution in [1.29, 1.82) is 0 Å². The fourth-order valence-corrected chi connectivity index (χ4v) is 7.54. The number of likely N-dealkylation sites (tertiary alicyclic amines) is 2. The van der Waals surface area contributed by atoms with E-state index in [2.05, 4.69) is 4.98 Å². The second-order valence-electron chi connectivity index (χ2n) is 8.24. The first-order chi connectivity index (χ1) is 15.9. The Kier molecular flexibility index (Phi) is 5.57. The number of aromatic nitrogens is 2. The van der Waals surface area contributed by atoms with E-state index < -0.39 is 34.9 Å². The number of primary amides is 1. The summed E-state index contributed by atoms with van der Waals surface area (Å²) >= 11 is 2.02. The summed E-state index contributed by atoms with van der Waals surface area (Å²) in [7, 11) is 0. The molecule has 0 bridgehead atoms. The van der Waals surface area contributed by atoms with Crippen molar-refractivity contribution in [3.8, 4) is 0 Å². The van der Waals surface area contributed by atoms with E-state index in [0.29, 0.717) is 33.5 Å². The molecule has 0 radical (unpaired) electrons. The van der Waals surface area contributed by atoms with Gasteiger partial charge >= 0.3 is 10.9 Å². The van der Waals surface area contributed by atoms with E-state index in [1.165, 1.54) is 4.57 Å². The molecule has 0 aliphatic carbocycles. The van der Waals surface area contributed by atoms with Gasteiger partial charge in [0.15, 0.2) is 0 Å². The van der Waals surface area contributed by atoms with Crippen LogP contribution in [0.3, 0.4) is 0 Å². The number of carbonyl (C=O) groups excluding carboxylic acids is 4. The molecule has 3 aliphatic heterocycles. The highest BCUT2D eigenvalue weighted by Gasteiger charge is 2.58. The van der Waals surface area contributed by atoms with Crippen LogP contribution in [0, 0.1) is 5.92 Å². The van der Waals surface area contributed by atoms with Crippen molar-refractivity contribution in [3.63, 3.8) is 0 Å². The monoisotopic (exact) mass is 487 g/mol. The molecule has 33 heavy (non-hydrogen) atoms. The fraction of sp³-hybridized carbons (Fsp3) is 0.429. The van der Waals surface area contributed by atoms with Crippen LogP contribution in [0.5, 0.6) is 0 Å². The first-order valence-corrected chi connectivity index (χ1v) is 12.3. The third-order valence-corrected chi connectivity index (χ3v) is 8.92. The van der Waals surface area contributed by atoms with Crippen LogP contribution in [0.2, 0.25) is 0 Å². The van der Waals surface area contributed by atoms with E-state index in [4.69, 9.17) is 5.73 Å². The molecule has 12 heteroatoms. The van der Waals surface area contributed by atoms with Gasteiger partial charge < -0.3 is 10.6 Å². The molecule has 5 amide bonds. The van der Waals surface area contributed by atoms with Gasteiger partial charge in [-0.1, -0.05) is 29.2 Å². The van der Waals surface area contributed by atoms with Crippen LogP contribution < -0.4 is 10.6 Å². The lowest BCUT2D eigenvalue weighted by molar-refractivity contribution is -0.136. The highest BCUT2D eigenvalue weighted by atomic mass is 32.2. The normalized spacial score (nSPS) is 24.5. The minimum Gasteiger partial charge on any atom is -0.351 e. The Labute approximate surface area is 196 Å². The summed E-state index contributed by atoms with van der Waals surface area (Å²) in [5, 5.41) is -0.439. The minimum atomic E-state index is -1.12. The first-order valence-electron chi connectivity index (χ1n) is 10.6. The molecule has 2 saturated heterocycles. The van der Waals surface area contributed by atoms with Gasteiger partial charge in [0.1, 0.15) is 11.8 Å². The van der Waals surface area contributed by atoms with E-state index >= 15 is 0 Å². The van der Waals surface area contributed by atoms with Crippen LogP contribution in [0.15, 0.2) is 34.3 Å². The number of amides is 5. The third kappa shape index (κ3) is 3.57. The van der Waals surface area contributed by atoms with Crippen molar-refractivity contribution < 1.29 is 19.2 Å². The van der Waals surface area contributed by atoms with E-state index in [9.17, 15) is 24.0 Å². The number of carbonyl (C=O) groups is 4. The molecule has 3 aliphatic rings. The highest BCUT2D eigenvalue weighted by molar-refractivity contribution is 8.00. The van der Waals surface area contributed by atoms with Gasteiger partial charge in [-0.25, -0.2) is 4.79 Å². The van der Waals surface area contributed by atoms with Crippen molar-refractivity contribution in [1.82, 2.24) is 19.4 Å². The average molecular weight is 488 g/mol. The van der Waals surface area contributed by atoms with Crippen LogP contribution in [-0.4, -0.2) is 61.4 Å². The van der Waals surface area contributed by atoms with Crippen molar-refractivity contribution in [3.05, 3.63) is 44.6 Å². The molecule has 2 aromatic rings. The maximum atomic E-state index is 13.1. The summed E-state index contributed by atoms with van der Waals surface area (Å²) in [6.45, 7) is 1.20. The molecule has 0 aromatic carbocycles. The Morgan fingerprint density at radius 1 is 1.12 bits per heavy atom. The van der Waals surface area contributed by atoms with Crippen LogP contribution >= 0.6 is 23.1 Å². The number of pyridine rings is 1. The number of rotatable bonds is 3. The van der Waals surface area contributed by atoms with Crippen molar-refractivity contribution >= 4 is 46.9 Å². The lowest BCUT2D eigenvalue weighted by Crippen LogP contribution is -2.41. The summed E-state index contributed by atoms with van der Waals surface area (Å²) in [5.74, 6) is -3.07. The standard InChI is InChI=1S/C21H21N5O5S2/c22-20(30)26-17(28)14-13(11-5-4-6-23-9-11)16-19(32-15(14)18(26)29)25(21(31)33-16)10-12(27)24-7-2-1-3-8-24/h4-6,9,13-15H,1-3,7-8,10H2,(H2,22,30)/t13-,14+,15-/m0/s1. The Morgan fingerprint density at radius 3 is 2.55 bits per heavy atom. The summed E-state index contributed by atoms with van der Waals surface area (Å²) in [6, 6.07) is 2.36. The second kappa shape index (κ2) is 8.41. The molecule has 2 fully saturated rings. The average Bonchev–Trinajstić information content (AvgIpc) is 3.26. The molecular formula is C21H21N5O5S2. The zero-order valence-electron chi connectivity index (χ0n) is 17.5. The molecule has 0 unspecified atom stereocenters. The number of imide groups is 3. The molecular weight excluding hydrogens is 466 g/mol. The van der Waals surface area contributed by atoms with Crippen molar-refractivity contribution in [2.24, 2.45) is 11.7 Å². The maximum absolute atomic E-state index is 13.1. The lowest BCUT2D eigenvalue weighted by atomic mass is 9.84. The van der Waals surface area contributed by atoms with E-state index in [1.54, 1.807) is 29.4 Å². The number of hydrogen-bond acceptors (Lipinski definition) is 8. The summed E-state index contributed by atoms with van der Waals surface area (Å²) in [6.07, 6.45) is 6.12. The SMILES string of the molecule is NC(=O)N1C(=O)[C@@H]2[C@H](c3cccnc3)c3sc(=O)n(CC(=O)N4CCCCC4)c3S[C@@H]2C1=O. The predicted octanol–water partition coefficient (Wildman–Crippen LogP) is 0.987. The smallest absolute Gasteiger partial charge is 0.328 e. The van der Waals surface area contributed by atoms with Gasteiger partial charge in [-0.2, -0.15) is 4.90 Å². The number of piperidine rings is 1. The van der Waals surface area contributed by atoms with Gasteiger partial charge in [0.05, 0.1) is 10.9 Å². The third-order valence-electron chi connectivity index (χ3n) is 6.32. The topological polar surface area (TPSA) is 136 Å². The summed E-state index contributed by atoms with van der Waals surface area (Å²) in [5.41, 5.74) is 5.97. The number of fused-ring (bicyclic) bond motifs is 2. The molecule has 5 rings (SSSR count). The molecule has 172 valence electrons. The minimum absolute atomic E-state index is 0.128. The highest BCUT2D eigenvalue weighted by Crippen LogP contribution is 2.53. The Bertz CT molecular complexity index is 1200. The number of thioether (sulfide) groups is 1. The van der Waals surface area contributed by atoms with Gasteiger partial charge in [-0.15, -0.1) is 0 Å². The summed E-state index contributed by atoms with van der Waals surface area (Å²) < 4.78 is 1.39. The van der Waals surface area contributed by atoms with Crippen molar-refractivity contribution in [2.75, 3.05) is 13.1 Å². The zero-order valence-corrected chi connectivity index (χ0v) is 19.1. The quantitative estimate of drug-likeness (QED) is 0.638. The fourth-order valence-electron chi connectivity index (χ4n) is 4.77. The molecule has 3 atom stereocenters. The van der Waals surface area contributed by atoms with Crippen LogP contribution in [0.1, 0.15) is 35.6 Å². The number of nitrogens with two attached hydrogens (primary N) is 1. The van der Waals surface area contributed by atoms with Crippen LogP contribution in [-0.2, 0) is 20.9 Å².